The summed E-state index contributed by atoms with van der Waals surface area (Å²) in [6.45, 7) is 5.76. The van der Waals surface area contributed by atoms with Gasteiger partial charge in [-0.3, -0.25) is 4.79 Å². The molecule has 0 aliphatic carbocycles. The maximum Gasteiger partial charge on any atom is 0.237 e. The summed E-state index contributed by atoms with van der Waals surface area (Å²) in [5, 5.41) is 6.29. The molecule has 1 aromatic rings. The second kappa shape index (κ2) is 6.01. The average Bonchev–Trinajstić information content (AvgIpc) is 2.38. The molecule has 1 fully saturated rings. The Balaban J connectivity index is 1.88. The van der Waals surface area contributed by atoms with Crippen molar-refractivity contribution in [3.05, 3.63) is 34.9 Å². The minimum Gasteiger partial charge on any atom is -0.351 e. The van der Waals surface area contributed by atoms with Crippen LogP contribution < -0.4 is 10.6 Å². The van der Waals surface area contributed by atoms with Crippen LogP contribution in [0.2, 0.25) is 0 Å². The molecule has 0 radical (unpaired) electrons. The average molecular weight is 246 g/mol. The SMILES string of the molecule is Cc1ccc(CNC(=O)C2CCCCN2)c(C)c1. The van der Waals surface area contributed by atoms with Gasteiger partial charge in [-0.2, -0.15) is 0 Å². The van der Waals surface area contributed by atoms with Crippen LogP contribution in [0.1, 0.15) is 36.0 Å². The smallest absolute Gasteiger partial charge is 0.237 e. The molecule has 0 bridgehead atoms. The summed E-state index contributed by atoms with van der Waals surface area (Å²) in [6.07, 6.45) is 3.29. The van der Waals surface area contributed by atoms with Crippen molar-refractivity contribution in [2.45, 2.75) is 45.7 Å². The van der Waals surface area contributed by atoms with Crippen LogP contribution in [0, 0.1) is 13.8 Å². The van der Waals surface area contributed by atoms with Crippen LogP contribution in [-0.2, 0) is 11.3 Å². The van der Waals surface area contributed by atoms with E-state index in [1.807, 2.05) is 0 Å². The molecular formula is C15H22N2O. The standard InChI is InChI=1S/C15H22N2O/c1-11-6-7-13(12(2)9-11)10-17-15(18)14-5-3-4-8-16-14/h6-7,9,14,16H,3-5,8,10H2,1-2H3,(H,17,18). The van der Waals surface area contributed by atoms with Crippen molar-refractivity contribution in [2.75, 3.05) is 6.54 Å². The number of piperidine rings is 1. The third kappa shape index (κ3) is 3.33. The van der Waals surface area contributed by atoms with Gasteiger partial charge in [0.25, 0.3) is 0 Å². The monoisotopic (exact) mass is 246 g/mol. The molecule has 1 unspecified atom stereocenters. The van der Waals surface area contributed by atoms with Gasteiger partial charge in [0.05, 0.1) is 6.04 Å². The van der Waals surface area contributed by atoms with Gasteiger partial charge in [-0.25, -0.2) is 0 Å². The molecule has 1 aliphatic rings. The van der Waals surface area contributed by atoms with E-state index in [-0.39, 0.29) is 11.9 Å². The largest absolute Gasteiger partial charge is 0.351 e. The topological polar surface area (TPSA) is 41.1 Å². The Kier molecular flexibility index (Phi) is 4.37. The first-order chi connectivity index (χ1) is 8.66. The molecule has 1 saturated heterocycles. The van der Waals surface area contributed by atoms with Crippen molar-refractivity contribution < 1.29 is 4.79 Å². The van der Waals surface area contributed by atoms with Gasteiger partial charge in [0.2, 0.25) is 5.91 Å². The van der Waals surface area contributed by atoms with E-state index >= 15 is 0 Å². The summed E-state index contributed by atoms with van der Waals surface area (Å²) in [5.74, 6) is 0.134. The van der Waals surface area contributed by atoms with Crippen LogP contribution >= 0.6 is 0 Å². The number of rotatable bonds is 3. The zero-order chi connectivity index (χ0) is 13.0. The second-order valence-electron chi connectivity index (χ2n) is 5.15. The predicted octanol–water partition coefficient (Wildman–Crippen LogP) is 2.06. The number of carbonyl (C=O) groups excluding carboxylic acids is 1. The summed E-state index contributed by atoms with van der Waals surface area (Å²) >= 11 is 0. The Morgan fingerprint density at radius 1 is 1.39 bits per heavy atom. The fourth-order valence-corrected chi connectivity index (χ4v) is 2.43. The highest BCUT2D eigenvalue weighted by atomic mass is 16.2. The minimum atomic E-state index is 0.00417. The van der Waals surface area contributed by atoms with Crippen LogP contribution in [0.4, 0.5) is 0 Å². The molecule has 1 aliphatic heterocycles. The second-order valence-corrected chi connectivity index (χ2v) is 5.15. The van der Waals surface area contributed by atoms with Crippen molar-refractivity contribution in [3.63, 3.8) is 0 Å². The third-order valence-corrected chi connectivity index (χ3v) is 3.58. The lowest BCUT2D eigenvalue weighted by molar-refractivity contribution is -0.123. The van der Waals surface area contributed by atoms with E-state index in [1.165, 1.54) is 23.1 Å². The normalized spacial score (nSPS) is 19.6. The van der Waals surface area contributed by atoms with E-state index in [1.54, 1.807) is 0 Å². The molecule has 0 aromatic heterocycles. The van der Waals surface area contributed by atoms with Gasteiger partial charge < -0.3 is 10.6 Å². The summed E-state index contributed by atoms with van der Waals surface area (Å²) < 4.78 is 0. The molecule has 18 heavy (non-hydrogen) atoms. The number of nitrogens with one attached hydrogen (secondary N) is 2. The molecule has 2 N–H and O–H groups in total. The molecular weight excluding hydrogens is 224 g/mol. The highest BCUT2D eigenvalue weighted by Crippen LogP contribution is 2.11. The molecule has 98 valence electrons. The Hall–Kier alpha value is -1.35. The first-order valence-electron chi connectivity index (χ1n) is 6.74. The predicted molar refractivity (Wildman–Crippen MR) is 73.4 cm³/mol. The highest BCUT2D eigenvalue weighted by molar-refractivity contribution is 5.81. The van der Waals surface area contributed by atoms with Crippen LogP contribution in [0.25, 0.3) is 0 Å². The van der Waals surface area contributed by atoms with Gasteiger partial charge in [0.15, 0.2) is 0 Å². The van der Waals surface area contributed by atoms with Crippen molar-refractivity contribution in [1.82, 2.24) is 10.6 Å². The number of benzene rings is 1. The van der Waals surface area contributed by atoms with Crippen molar-refractivity contribution in [1.29, 1.82) is 0 Å². The lowest BCUT2D eigenvalue weighted by Crippen LogP contribution is -2.46. The highest BCUT2D eigenvalue weighted by Gasteiger charge is 2.19. The minimum absolute atomic E-state index is 0.00417. The van der Waals surface area contributed by atoms with Crippen LogP contribution in [0.5, 0.6) is 0 Å². The molecule has 3 heteroatoms. The van der Waals surface area contributed by atoms with E-state index in [0.29, 0.717) is 6.54 Å². The first kappa shape index (κ1) is 13.1. The summed E-state index contributed by atoms with van der Waals surface area (Å²) in [6, 6.07) is 6.34. The molecule has 0 spiro atoms. The van der Waals surface area contributed by atoms with E-state index < -0.39 is 0 Å². The summed E-state index contributed by atoms with van der Waals surface area (Å²) in [4.78, 5) is 12.0. The van der Waals surface area contributed by atoms with Gasteiger partial charge in [-0.15, -0.1) is 0 Å². The Bertz CT molecular complexity index is 423. The number of hydrogen-bond donors (Lipinski definition) is 2. The molecule has 1 heterocycles. The fraction of sp³-hybridized carbons (Fsp3) is 0.533. The van der Waals surface area contributed by atoms with Crippen LogP contribution in [-0.4, -0.2) is 18.5 Å². The summed E-state index contributed by atoms with van der Waals surface area (Å²) in [7, 11) is 0. The lowest BCUT2D eigenvalue weighted by atomic mass is 10.0. The number of amides is 1. The van der Waals surface area contributed by atoms with Crippen molar-refractivity contribution in [2.24, 2.45) is 0 Å². The zero-order valence-electron chi connectivity index (χ0n) is 11.3. The molecule has 3 nitrogen and oxygen atoms in total. The first-order valence-corrected chi connectivity index (χ1v) is 6.74. The third-order valence-electron chi connectivity index (χ3n) is 3.58. The van der Waals surface area contributed by atoms with Gasteiger partial charge >= 0.3 is 0 Å². The fourth-order valence-electron chi connectivity index (χ4n) is 2.43. The van der Waals surface area contributed by atoms with Gasteiger partial charge in [0, 0.05) is 6.54 Å². The van der Waals surface area contributed by atoms with E-state index in [2.05, 4.69) is 42.7 Å². The van der Waals surface area contributed by atoms with Crippen molar-refractivity contribution in [3.8, 4) is 0 Å². The Morgan fingerprint density at radius 2 is 2.22 bits per heavy atom. The lowest BCUT2D eigenvalue weighted by Gasteiger charge is -2.22. The number of carbonyl (C=O) groups is 1. The maximum absolute atomic E-state index is 12.0. The quantitative estimate of drug-likeness (QED) is 0.857. The summed E-state index contributed by atoms with van der Waals surface area (Å²) in [5.41, 5.74) is 3.70. The van der Waals surface area contributed by atoms with Gasteiger partial charge in [0.1, 0.15) is 0 Å². The van der Waals surface area contributed by atoms with Crippen molar-refractivity contribution >= 4 is 5.91 Å². The van der Waals surface area contributed by atoms with Gasteiger partial charge in [-0.1, -0.05) is 30.2 Å². The number of aryl methyl sites for hydroxylation is 2. The molecule has 2 rings (SSSR count). The van der Waals surface area contributed by atoms with E-state index in [0.717, 1.165) is 19.4 Å². The molecule has 1 amide bonds. The van der Waals surface area contributed by atoms with Crippen LogP contribution in [0.15, 0.2) is 18.2 Å². The van der Waals surface area contributed by atoms with Gasteiger partial charge in [-0.05, 0) is 44.4 Å². The maximum atomic E-state index is 12.0. The number of hydrogen-bond acceptors (Lipinski definition) is 2. The Labute approximate surface area is 109 Å². The molecule has 0 saturated carbocycles. The van der Waals surface area contributed by atoms with E-state index in [4.69, 9.17) is 0 Å². The zero-order valence-corrected chi connectivity index (χ0v) is 11.3. The molecule has 1 aromatic carbocycles. The molecule has 1 atom stereocenters. The van der Waals surface area contributed by atoms with E-state index in [9.17, 15) is 4.79 Å². The Morgan fingerprint density at radius 3 is 2.89 bits per heavy atom. The van der Waals surface area contributed by atoms with Crippen LogP contribution in [0.3, 0.4) is 0 Å².